The molecule has 0 aromatic heterocycles. The molecule has 3 heteroatoms. The van der Waals surface area contributed by atoms with Crippen LogP contribution in [0.1, 0.15) is 24.8 Å². The van der Waals surface area contributed by atoms with Gasteiger partial charge in [-0.05, 0) is 53.0 Å². The molecule has 1 rings (SSSR count). The molecule has 0 aliphatic heterocycles. The van der Waals surface area contributed by atoms with Crippen LogP contribution in [0.25, 0.3) is 0 Å². The van der Waals surface area contributed by atoms with Gasteiger partial charge >= 0.3 is 0 Å². The van der Waals surface area contributed by atoms with Gasteiger partial charge in [0.15, 0.2) is 0 Å². The number of halogens is 2. The van der Waals surface area contributed by atoms with Crippen LogP contribution in [0, 0.1) is 5.82 Å². The first-order valence-corrected chi connectivity index (χ1v) is 5.57. The van der Waals surface area contributed by atoms with Gasteiger partial charge in [-0.1, -0.05) is 13.0 Å². The monoisotopic (exact) mass is 259 g/mol. The molecule has 0 bridgehead atoms. The number of hydrogen-bond acceptors (Lipinski definition) is 1. The highest BCUT2D eigenvalue weighted by molar-refractivity contribution is 9.10. The van der Waals surface area contributed by atoms with Crippen molar-refractivity contribution in [2.24, 2.45) is 0 Å². The van der Waals surface area contributed by atoms with Crippen LogP contribution >= 0.6 is 15.9 Å². The predicted octanol–water partition coefficient (Wildman–Crippen LogP) is 3.30. The predicted molar refractivity (Wildman–Crippen MR) is 61.1 cm³/mol. The highest BCUT2D eigenvalue weighted by Crippen LogP contribution is 2.23. The second-order valence-corrected chi connectivity index (χ2v) is 4.19. The normalized spacial score (nSPS) is 12.9. The van der Waals surface area contributed by atoms with E-state index in [4.69, 9.17) is 0 Å². The third kappa shape index (κ3) is 2.79. The van der Waals surface area contributed by atoms with Gasteiger partial charge in [-0.15, -0.1) is 0 Å². The Kier molecular flexibility index (Phi) is 4.55. The molecule has 0 amide bonds. The van der Waals surface area contributed by atoms with Gasteiger partial charge in [-0.25, -0.2) is 4.39 Å². The molecule has 1 aromatic rings. The first kappa shape index (κ1) is 11.7. The Morgan fingerprint density at radius 2 is 2.21 bits per heavy atom. The van der Waals surface area contributed by atoms with E-state index in [9.17, 15) is 4.39 Å². The second kappa shape index (κ2) is 5.47. The Morgan fingerprint density at radius 3 is 2.71 bits per heavy atom. The van der Waals surface area contributed by atoms with E-state index in [1.165, 1.54) is 0 Å². The van der Waals surface area contributed by atoms with Gasteiger partial charge in [-0.2, -0.15) is 0 Å². The minimum atomic E-state index is -0.183. The lowest BCUT2D eigenvalue weighted by atomic mass is 9.96. The molecular weight excluding hydrogens is 245 g/mol. The quantitative estimate of drug-likeness (QED) is 0.875. The molecule has 0 radical (unpaired) electrons. The minimum absolute atomic E-state index is 0.183. The van der Waals surface area contributed by atoms with Gasteiger partial charge < -0.3 is 5.32 Å². The number of hydrogen-bond donors (Lipinski definition) is 1. The van der Waals surface area contributed by atoms with Crippen LogP contribution in [0.2, 0.25) is 0 Å². The number of rotatable bonds is 4. The molecule has 0 heterocycles. The molecule has 1 N–H and O–H groups in total. The van der Waals surface area contributed by atoms with Gasteiger partial charge in [0.05, 0.1) is 4.47 Å². The van der Waals surface area contributed by atoms with Crippen LogP contribution in [0.15, 0.2) is 22.7 Å². The fraction of sp³-hybridized carbons (Fsp3) is 0.455. The van der Waals surface area contributed by atoms with Crippen LogP contribution in [-0.4, -0.2) is 13.6 Å². The van der Waals surface area contributed by atoms with Crippen molar-refractivity contribution in [2.45, 2.75) is 19.3 Å². The maximum atomic E-state index is 13.2. The lowest BCUT2D eigenvalue weighted by Crippen LogP contribution is -2.16. The summed E-state index contributed by atoms with van der Waals surface area (Å²) in [7, 11) is 1.91. The van der Waals surface area contributed by atoms with Crippen molar-refractivity contribution in [3.8, 4) is 0 Å². The van der Waals surface area contributed by atoms with E-state index in [1.807, 2.05) is 13.1 Å². The first-order chi connectivity index (χ1) is 6.69. The highest BCUT2D eigenvalue weighted by atomic mass is 79.9. The van der Waals surface area contributed by atoms with E-state index in [2.05, 4.69) is 28.2 Å². The van der Waals surface area contributed by atoms with E-state index in [-0.39, 0.29) is 5.82 Å². The molecule has 0 fully saturated rings. The molecule has 78 valence electrons. The molecule has 1 atom stereocenters. The van der Waals surface area contributed by atoms with Gasteiger partial charge in [0.25, 0.3) is 0 Å². The van der Waals surface area contributed by atoms with E-state index >= 15 is 0 Å². The average molecular weight is 260 g/mol. The fourth-order valence-electron chi connectivity index (χ4n) is 1.51. The van der Waals surface area contributed by atoms with Crippen molar-refractivity contribution in [3.05, 3.63) is 34.1 Å². The molecule has 1 nitrogen and oxygen atoms in total. The molecule has 0 spiro atoms. The standard InChI is InChI=1S/C11H15BrFN/c1-3-8(7-14-2)9-4-5-10(12)11(13)6-9/h4-6,8,14H,3,7H2,1-2H3. The summed E-state index contributed by atoms with van der Waals surface area (Å²) in [6, 6.07) is 5.34. The number of nitrogens with one attached hydrogen (secondary N) is 1. The molecule has 1 unspecified atom stereocenters. The van der Waals surface area contributed by atoms with Crippen molar-refractivity contribution in [1.82, 2.24) is 5.32 Å². The molecular formula is C11H15BrFN. The Balaban J connectivity index is 2.88. The zero-order valence-electron chi connectivity index (χ0n) is 8.48. The average Bonchev–Trinajstić information content (AvgIpc) is 2.19. The number of benzene rings is 1. The zero-order chi connectivity index (χ0) is 10.6. The van der Waals surface area contributed by atoms with E-state index in [1.54, 1.807) is 12.1 Å². The van der Waals surface area contributed by atoms with Crippen LogP contribution in [0.5, 0.6) is 0 Å². The van der Waals surface area contributed by atoms with Crippen LogP contribution < -0.4 is 5.32 Å². The van der Waals surface area contributed by atoms with Crippen LogP contribution in [-0.2, 0) is 0 Å². The minimum Gasteiger partial charge on any atom is -0.319 e. The molecule has 0 saturated carbocycles. The molecule has 0 aliphatic carbocycles. The van der Waals surface area contributed by atoms with E-state index < -0.39 is 0 Å². The summed E-state index contributed by atoms with van der Waals surface area (Å²) in [5.41, 5.74) is 1.06. The topological polar surface area (TPSA) is 12.0 Å². The third-order valence-corrected chi connectivity index (χ3v) is 3.00. The Bertz CT molecular complexity index is 301. The molecule has 1 aromatic carbocycles. The fourth-order valence-corrected chi connectivity index (χ4v) is 1.76. The van der Waals surface area contributed by atoms with E-state index in [0.29, 0.717) is 10.4 Å². The summed E-state index contributed by atoms with van der Waals surface area (Å²) in [4.78, 5) is 0. The molecule has 0 aliphatic rings. The molecule has 0 saturated heterocycles. The first-order valence-electron chi connectivity index (χ1n) is 4.78. The summed E-state index contributed by atoms with van der Waals surface area (Å²) >= 11 is 3.15. The van der Waals surface area contributed by atoms with Crippen molar-refractivity contribution in [3.63, 3.8) is 0 Å². The van der Waals surface area contributed by atoms with Crippen molar-refractivity contribution < 1.29 is 4.39 Å². The van der Waals surface area contributed by atoms with Gasteiger partial charge in [0.2, 0.25) is 0 Å². The maximum Gasteiger partial charge on any atom is 0.137 e. The highest BCUT2D eigenvalue weighted by Gasteiger charge is 2.10. The Morgan fingerprint density at radius 1 is 1.50 bits per heavy atom. The summed E-state index contributed by atoms with van der Waals surface area (Å²) < 4.78 is 13.8. The third-order valence-electron chi connectivity index (χ3n) is 2.36. The SMILES string of the molecule is CCC(CNC)c1ccc(Br)c(F)c1. The summed E-state index contributed by atoms with van der Waals surface area (Å²) in [6.07, 6.45) is 1.02. The van der Waals surface area contributed by atoms with Gasteiger partial charge in [0, 0.05) is 6.54 Å². The molecule has 14 heavy (non-hydrogen) atoms. The zero-order valence-corrected chi connectivity index (χ0v) is 10.1. The summed E-state index contributed by atoms with van der Waals surface area (Å²) in [5, 5.41) is 3.12. The second-order valence-electron chi connectivity index (χ2n) is 3.34. The Labute approximate surface area is 92.8 Å². The smallest absolute Gasteiger partial charge is 0.137 e. The Hall–Kier alpha value is -0.410. The summed E-state index contributed by atoms with van der Waals surface area (Å²) in [6.45, 7) is 3.00. The van der Waals surface area contributed by atoms with Crippen molar-refractivity contribution >= 4 is 15.9 Å². The van der Waals surface area contributed by atoms with Gasteiger partial charge in [-0.3, -0.25) is 0 Å². The van der Waals surface area contributed by atoms with Crippen LogP contribution in [0.3, 0.4) is 0 Å². The largest absolute Gasteiger partial charge is 0.319 e. The van der Waals surface area contributed by atoms with Crippen LogP contribution in [0.4, 0.5) is 4.39 Å². The van der Waals surface area contributed by atoms with E-state index in [0.717, 1.165) is 18.5 Å². The lowest BCUT2D eigenvalue weighted by molar-refractivity contribution is 0.590. The maximum absolute atomic E-state index is 13.2. The van der Waals surface area contributed by atoms with Crippen molar-refractivity contribution in [1.29, 1.82) is 0 Å². The lowest BCUT2D eigenvalue weighted by Gasteiger charge is -2.14. The van der Waals surface area contributed by atoms with Gasteiger partial charge in [0.1, 0.15) is 5.82 Å². The summed E-state index contributed by atoms with van der Waals surface area (Å²) in [5.74, 6) is 0.208. The van der Waals surface area contributed by atoms with Crippen molar-refractivity contribution in [2.75, 3.05) is 13.6 Å². The number of likely N-dealkylation sites (N-methyl/N-ethyl adjacent to an activating group) is 1.